The van der Waals surface area contributed by atoms with Crippen LogP contribution in [0.2, 0.25) is 5.15 Å². The molecule has 1 aromatic heterocycles. The van der Waals surface area contributed by atoms with Gasteiger partial charge in [-0.3, -0.25) is 4.90 Å². The monoisotopic (exact) mass is 442 g/mol. The van der Waals surface area contributed by atoms with Crippen molar-refractivity contribution in [3.05, 3.63) is 16.7 Å². The summed E-state index contributed by atoms with van der Waals surface area (Å²) in [7, 11) is 0. The van der Waals surface area contributed by atoms with E-state index >= 15 is 0 Å². The SMILES string of the molecule is CCCCc1nc(Cl)c(CN2CCC3(CC2)[C@H](O)C[C@@H]3OCCN)[nH]1.Cl.Cl. The van der Waals surface area contributed by atoms with Crippen molar-refractivity contribution < 1.29 is 9.84 Å². The molecule has 2 heterocycles. The summed E-state index contributed by atoms with van der Waals surface area (Å²) >= 11 is 6.30. The molecule has 3 rings (SSSR count). The number of aliphatic hydroxyl groups is 1. The van der Waals surface area contributed by atoms with Crippen LogP contribution >= 0.6 is 36.4 Å². The summed E-state index contributed by atoms with van der Waals surface area (Å²) in [6, 6.07) is 0. The molecule has 4 N–H and O–H groups in total. The lowest BCUT2D eigenvalue weighted by Gasteiger charge is -2.56. The third-order valence-corrected chi connectivity index (χ3v) is 6.20. The average molecular weight is 444 g/mol. The minimum absolute atomic E-state index is 0. The smallest absolute Gasteiger partial charge is 0.151 e. The van der Waals surface area contributed by atoms with Crippen LogP contribution < -0.4 is 5.73 Å². The standard InChI is InChI=1S/C18H31ClN4O2.2ClH/c1-2-3-4-16-21-13(17(19)22-16)12-23-8-5-18(6-9-23)14(24)11-15(18)25-10-7-20;;/h14-15,24H,2-12,20H2,1H3,(H,21,22);2*1H/t14-,15+;;/m1../s1. The van der Waals surface area contributed by atoms with E-state index in [9.17, 15) is 5.11 Å². The first-order valence-electron chi connectivity index (χ1n) is 9.54. The Morgan fingerprint density at radius 1 is 1.37 bits per heavy atom. The number of hydrogen-bond donors (Lipinski definition) is 3. The molecule has 2 atom stereocenters. The molecule has 158 valence electrons. The number of aromatic amines is 1. The number of nitrogens with zero attached hydrogens (tertiary/aromatic N) is 2. The zero-order valence-corrected chi connectivity index (χ0v) is 18.3. The maximum Gasteiger partial charge on any atom is 0.151 e. The second-order valence-electron chi connectivity index (χ2n) is 7.47. The number of piperidine rings is 1. The molecule has 0 radical (unpaired) electrons. The van der Waals surface area contributed by atoms with E-state index in [1.165, 1.54) is 0 Å². The van der Waals surface area contributed by atoms with Crippen LogP contribution in [0.15, 0.2) is 0 Å². The van der Waals surface area contributed by atoms with E-state index in [2.05, 4.69) is 21.8 Å². The first kappa shape index (κ1) is 25.0. The van der Waals surface area contributed by atoms with Gasteiger partial charge in [-0.2, -0.15) is 0 Å². The highest BCUT2D eigenvalue weighted by atomic mass is 35.5. The first-order chi connectivity index (χ1) is 12.1. The van der Waals surface area contributed by atoms with Crippen LogP contribution in [0.4, 0.5) is 0 Å². The van der Waals surface area contributed by atoms with Gasteiger partial charge in [0.25, 0.3) is 0 Å². The lowest BCUT2D eigenvalue weighted by Crippen LogP contribution is -2.62. The predicted octanol–water partition coefficient (Wildman–Crippen LogP) is 2.94. The fourth-order valence-corrected chi connectivity index (χ4v) is 4.39. The number of H-pyrrole nitrogens is 1. The van der Waals surface area contributed by atoms with Crippen LogP contribution in [0.5, 0.6) is 0 Å². The Morgan fingerprint density at radius 3 is 2.67 bits per heavy atom. The van der Waals surface area contributed by atoms with Crippen LogP contribution in [0, 0.1) is 5.41 Å². The number of aliphatic hydroxyl groups excluding tert-OH is 1. The Hall–Kier alpha value is -0.0800. The van der Waals surface area contributed by atoms with Crippen molar-refractivity contribution in [2.75, 3.05) is 26.2 Å². The van der Waals surface area contributed by atoms with Gasteiger partial charge in [0, 0.05) is 31.3 Å². The first-order valence-corrected chi connectivity index (χ1v) is 9.92. The zero-order chi connectivity index (χ0) is 17.9. The van der Waals surface area contributed by atoms with E-state index < -0.39 is 0 Å². The van der Waals surface area contributed by atoms with Gasteiger partial charge >= 0.3 is 0 Å². The molecular formula is C18H33Cl3N4O2. The van der Waals surface area contributed by atoms with Crippen LogP contribution in [-0.2, 0) is 17.7 Å². The second-order valence-corrected chi connectivity index (χ2v) is 7.82. The van der Waals surface area contributed by atoms with Crippen LogP contribution in [0.3, 0.4) is 0 Å². The molecule has 0 unspecified atom stereocenters. The summed E-state index contributed by atoms with van der Waals surface area (Å²) < 4.78 is 5.86. The molecule has 0 aromatic carbocycles. The van der Waals surface area contributed by atoms with Gasteiger partial charge in [0.15, 0.2) is 5.15 Å². The molecule has 1 aromatic rings. The van der Waals surface area contributed by atoms with Gasteiger partial charge in [-0.15, -0.1) is 24.8 Å². The molecule has 1 saturated heterocycles. The summed E-state index contributed by atoms with van der Waals surface area (Å²) in [5.74, 6) is 0.986. The fourth-order valence-electron chi connectivity index (χ4n) is 4.18. The number of ether oxygens (including phenoxy) is 1. The topological polar surface area (TPSA) is 87.4 Å². The van der Waals surface area contributed by atoms with Crippen molar-refractivity contribution >= 4 is 36.4 Å². The van der Waals surface area contributed by atoms with Crippen LogP contribution in [0.25, 0.3) is 0 Å². The van der Waals surface area contributed by atoms with Crippen molar-refractivity contribution in [1.82, 2.24) is 14.9 Å². The predicted molar refractivity (Wildman–Crippen MR) is 113 cm³/mol. The third kappa shape index (κ3) is 5.50. The molecule has 1 aliphatic heterocycles. The zero-order valence-electron chi connectivity index (χ0n) is 16.0. The Kier molecular flexibility index (Phi) is 10.3. The number of aryl methyl sites for hydroxylation is 1. The molecule has 1 spiro atoms. The Labute approximate surface area is 179 Å². The van der Waals surface area contributed by atoms with Crippen molar-refractivity contribution in [1.29, 1.82) is 0 Å². The quantitative estimate of drug-likeness (QED) is 0.575. The molecular weight excluding hydrogens is 411 g/mol. The van der Waals surface area contributed by atoms with E-state index in [1.807, 2.05) is 0 Å². The van der Waals surface area contributed by atoms with Crippen molar-refractivity contribution in [2.45, 2.75) is 64.2 Å². The highest BCUT2D eigenvalue weighted by Crippen LogP contribution is 2.51. The Bertz CT molecular complexity index is 565. The van der Waals surface area contributed by atoms with Crippen molar-refractivity contribution in [3.63, 3.8) is 0 Å². The van der Waals surface area contributed by atoms with Gasteiger partial charge < -0.3 is 20.6 Å². The lowest BCUT2D eigenvalue weighted by molar-refractivity contribution is -0.210. The van der Waals surface area contributed by atoms with Crippen LogP contribution in [-0.4, -0.2) is 58.4 Å². The lowest BCUT2D eigenvalue weighted by atomic mass is 9.58. The largest absolute Gasteiger partial charge is 0.392 e. The Balaban J connectivity index is 0.00000182. The van der Waals surface area contributed by atoms with Gasteiger partial charge in [-0.25, -0.2) is 4.98 Å². The van der Waals surface area contributed by atoms with E-state index in [1.54, 1.807) is 0 Å². The minimum atomic E-state index is -0.242. The van der Waals surface area contributed by atoms with Gasteiger partial charge in [0.1, 0.15) is 5.82 Å². The van der Waals surface area contributed by atoms with E-state index in [4.69, 9.17) is 22.1 Å². The molecule has 6 nitrogen and oxygen atoms in total. The molecule has 0 amide bonds. The number of halogens is 3. The van der Waals surface area contributed by atoms with E-state index in [0.29, 0.717) is 18.3 Å². The van der Waals surface area contributed by atoms with Crippen molar-refractivity contribution in [3.8, 4) is 0 Å². The number of hydrogen-bond acceptors (Lipinski definition) is 5. The molecule has 27 heavy (non-hydrogen) atoms. The summed E-state index contributed by atoms with van der Waals surface area (Å²) in [5, 5.41) is 10.9. The van der Waals surface area contributed by atoms with E-state index in [-0.39, 0.29) is 42.4 Å². The van der Waals surface area contributed by atoms with Gasteiger partial charge in [-0.05, 0) is 32.4 Å². The molecule has 0 bridgehead atoms. The number of unbranched alkanes of at least 4 members (excludes halogenated alkanes) is 1. The number of imidazole rings is 1. The number of nitrogens with two attached hydrogens (primary N) is 1. The molecule has 9 heteroatoms. The Morgan fingerprint density at radius 2 is 2.07 bits per heavy atom. The highest BCUT2D eigenvalue weighted by molar-refractivity contribution is 6.30. The summed E-state index contributed by atoms with van der Waals surface area (Å²) in [6.45, 7) is 5.96. The molecule has 2 aliphatic rings. The summed E-state index contributed by atoms with van der Waals surface area (Å²) in [5.41, 5.74) is 6.48. The number of likely N-dealkylation sites (tertiary alicyclic amines) is 1. The average Bonchev–Trinajstić information content (AvgIpc) is 2.97. The maximum atomic E-state index is 10.3. The number of nitrogens with one attached hydrogen (secondary N) is 1. The fraction of sp³-hybridized carbons (Fsp3) is 0.833. The molecule has 1 aliphatic carbocycles. The van der Waals surface area contributed by atoms with E-state index in [0.717, 1.165) is 69.7 Å². The van der Waals surface area contributed by atoms with Crippen LogP contribution in [0.1, 0.15) is 50.5 Å². The number of aromatic nitrogens is 2. The third-order valence-electron chi connectivity index (χ3n) is 5.89. The minimum Gasteiger partial charge on any atom is -0.392 e. The van der Waals surface area contributed by atoms with Gasteiger partial charge in [0.05, 0.1) is 24.5 Å². The summed E-state index contributed by atoms with van der Waals surface area (Å²) in [4.78, 5) is 10.2. The second kappa shape index (κ2) is 11.2. The maximum absolute atomic E-state index is 10.3. The van der Waals surface area contributed by atoms with Crippen molar-refractivity contribution in [2.24, 2.45) is 11.1 Å². The van der Waals surface area contributed by atoms with Gasteiger partial charge in [0.2, 0.25) is 0 Å². The van der Waals surface area contributed by atoms with Gasteiger partial charge in [-0.1, -0.05) is 24.9 Å². The summed E-state index contributed by atoms with van der Waals surface area (Å²) in [6.07, 6.45) is 5.79. The highest BCUT2D eigenvalue weighted by Gasteiger charge is 2.56. The molecule has 2 fully saturated rings. The number of rotatable bonds is 8. The normalized spacial score (nSPS) is 24.1. The molecule has 1 saturated carbocycles.